The third-order valence-electron chi connectivity index (χ3n) is 5.51. The van der Waals surface area contributed by atoms with Crippen molar-refractivity contribution in [2.24, 2.45) is 0 Å². The molecule has 7 heteroatoms. The zero-order valence-corrected chi connectivity index (χ0v) is 15.0. The van der Waals surface area contributed by atoms with Crippen molar-refractivity contribution < 1.29 is 9.18 Å². The second-order valence-electron chi connectivity index (χ2n) is 7.40. The summed E-state index contributed by atoms with van der Waals surface area (Å²) in [6.45, 7) is 3.75. The molecule has 1 amide bonds. The summed E-state index contributed by atoms with van der Waals surface area (Å²) < 4.78 is 13.3. The lowest BCUT2D eigenvalue weighted by Crippen LogP contribution is -2.50. The van der Waals surface area contributed by atoms with Gasteiger partial charge in [0.1, 0.15) is 5.82 Å². The molecule has 2 N–H and O–H groups in total. The first-order valence-corrected chi connectivity index (χ1v) is 9.59. The molecule has 0 radical (unpaired) electrons. The van der Waals surface area contributed by atoms with Crippen LogP contribution in [0.5, 0.6) is 0 Å². The Bertz CT molecular complexity index is 762. The number of rotatable bonds is 4. The van der Waals surface area contributed by atoms with E-state index < -0.39 is 0 Å². The number of fused-ring (bicyclic) bond motifs is 1. The normalized spacial score (nSPS) is 19.8. The van der Waals surface area contributed by atoms with Gasteiger partial charge in [0.2, 0.25) is 5.91 Å². The molecule has 26 heavy (non-hydrogen) atoms. The summed E-state index contributed by atoms with van der Waals surface area (Å²) in [4.78, 5) is 16.7. The smallest absolute Gasteiger partial charge is 0.234 e. The van der Waals surface area contributed by atoms with Gasteiger partial charge in [-0.2, -0.15) is 5.10 Å². The zero-order valence-electron chi connectivity index (χ0n) is 15.0. The van der Waals surface area contributed by atoms with Crippen LogP contribution in [0.4, 0.5) is 10.2 Å². The van der Waals surface area contributed by atoms with E-state index in [1.807, 2.05) is 0 Å². The maximum atomic E-state index is 13.3. The van der Waals surface area contributed by atoms with Crippen molar-refractivity contribution in [1.29, 1.82) is 0 Å². The second kappa shape index (κ2) is 7.61. The van der Waals surface area contributed by atoms with Crippen LogP contribution in [0.25, 0.3) is 10.9 Å². The molecule has 2 aromatic rings. The number of carbonyl (C=O) groups excluding carboxylic acids is 1. The standard InChI is InChI=1S/C19H26FN5O/c20-14-6-7-16-17(12-14)22-23-19(16)25-10-8-24(9-11-25)13-18(26)21-15-4-2-1-3-5-15/h6-7,12,15H,1-5,8-11,13H2,(H,21,26)(H,22,23). The molecule has 4 rings (SSSR count). The van der Waals surface area contributed by atoms with E-state index in [2.05, 4.69) is 25.3 Å². The van der Waals surface area contributed by atoms with Crippen molar-refractivity contribution in [1.82, 2.24) is 20.4 Å². The number of aromatic nitrogens is 2. The Morgan fingerprint density at radius 1 is 1.19 bits per heavy atom. The molecule has 1 saturated heterocycles. The van der Waals surface area contributed by atoms with Crippen molar-refractivity contribution in [2.45, 2.75) is 38.1 Å². The van der Waals surface area contributed by atoms with Crippen molar-refractivity contribution >= 4 is 22.6 Å². The van der Waals surface area contributed by atoms with Crippen LogP contribution in [0.2, 0.25) is 0 Å². The number of nitrogens with zero attached hydrogens (tertiary/aromatic N) is 3. The Balaban J connectivity index is 1.30. The second-order valence-corrected chi connectivity index (χ2v) is 7.40. The fourth-order valence-electron chi connectivity index (χ4n) is 4.06. The highest BCUT2D eigenvalue weighted by molar-refractivity contribution is 5.90. The summed E-state index contributed by atoms with van der Waals surface area (Å²) in [7, 11) is 0. The van der Waals surface area contributed by atoms with Crippen molar-refractivity contribution in [3.8, 4) is 0 Å². The van der Waals surface area contributed by atoms with Crippen LogP contribution in [-0.4, -0.2) is 59.8 Å². The van der Waals surface area contributed by atoms with Gasteiger partial charge in [0, 0.05) is 37.6 Å². The molecule has 1 saturated carbocycles. The summed E-state index contributed by atoms with van der Waals surface area (Å²) in [5.74, 6) is 0.749. The third-order valence-corrected chi connectivity index (χ3v) is 5.51. The number of halogens is 1. The number of H-pyrrole nitrogens is 1. The Morgan fingerprint density at radius 2 is 1.96 bits per heavy atom. The molecule has 0 unspecified atom stereocenters. The number of aromatic amines is 1. The van der Waals surface area contributed by atoms with Gasteiger partial charge in [-0.05, 0) is 31.0 Å². The Hall–Kier alpha value is -2.15. The Morgan fingerprint density at radius 3 is 2.73 bits per heavy atom. The van der Waals surface area contributed by atoms with Gasteiger partial charge in [0.05, 0.1) is 12.1 Å². The fourth-order valence-corrected chi connectivity index (χ4v) is 4.06. The molecule has 0 bridgehead atoms. The molecule has 2 aliphatic rings. The fraction of sp³-hybridized carbons (Fsp3) is 0.579. The lowest BCUT2D eigenvalue weighted by molar-refractivity contribution is -0.123. The highest BCUT2D eigenvalue weighted by Crippen LogP contribution is 2.25. The molecule has 1 aliphatic carbocycles. The van der Waals surface area contributed by atoms with E-state index in [9.17, 15) is 9.18 Å². The molecule has 2 fully saturated rings. The van der Waals surface area contributed by atoms with Gasteiger partial charge >= 0.3 is 0 Å². The minimum Gasteiger partial charge on any atom is -0.352 e. The van der Waals surface area contributed by atoms with Crippen LogP contribution in [0, 0.1) is 5.82 Å². The van der Waals surface area contributed by atoms with Crippen molar-refractivity contribution in [2.75, 3.05) is 37.6 Å². The number of hydrogen-bond acceptors (Lipinski definition) is 4. The van der Waals surface area contributed by atoms with Gasteiger partial charge in [-0.1, -0.05) is 19.3 Å². The van der Waals surface area contributed by atoms with Crippen LogP contribution in [0.3, 0.4) is 0 Å². The SMILES string of the molecule is O=C(CN1CCN(c2n[nH]c3cc(F)ccc23)CC1)NC1CCCCC1. The number of piperazine rings is 1. The minimum atomic E-state index is -0.263. The maximum Gasteiger partial charge on any atom is 0.234 e. The van der Waals surface area contributed by atoms with Crippen LogP contribution in [-0.2, 0) is 4.79 Å². The molecule has 6 nitrogen and oxygen atoms in total. The lowest BCUT2D eigenvalue weighted by Gasteiger charge is -2.35. The highest BCUT2D eigenvalue weighted by Gasteiger charge is 2.23. The van der Waals surface area contributed by atoms with Crippen LogP contribution in [0.1, 0.15) is 32.1 Å². The van der Waals surface area contributed by atoms with E-state index in [-0.39, 0.29) is 11.7 Å². The first-order valence-electron chi connectivity index (χ1n) is 9.59. The van der Waals surface area contributed by atoms with E-state index in [0.717, 1.165) is 50.2 Å². The quantitative estimate of drug-likeness (QED) is 0.879. The minimum absolute atomic E-state index is 0.144. The van der Waals surface area contributed by atoms with Crippen molar-refractivity contribution in [3.05, 3.63) is 24.0 Å². The van der Waals surface area contributed by atoms with E-state index >= 15 is 0 Å². The molecule has 0 spiro atoms. The van der Waals surface area contributed by atoms with E-state index in [0.29, 0.717) is 18.1 Å². The number of amides is 1. The molecular weight excluding hydrogens is 333 g/mol. The topological polar surface area (TPSA) is 64.3 Å². The number of benzene rings is 1. The Kier molecular flexibility index (Phi) is 5.06. The molecule has 0 atom stereocenters. The molecule has 140 valence electrons. The molecule has 1 aromatic carbocycles. The molecule has 2 heterocycles. The van der Waals surface area contributed by atoms with Gasteiger partial charge in [0.15, 0.2) is 5.82 Å². The zero-order chi connectivity index (χ0) is 17.9. The van der Waals surface area contributed by atoms with E-state index in [1.165, 1.54) is 31.4 Å². The number of hydrogen-bond donors (Lipinski definition) is 2. The predicted molar refractivity (Wildman–Crippen MR) is 99.7 cm³/mol. The molecule has 1 aliphatic heterocycles. The van der Waals surface area contributed by atoms with Gasteiger partial charge in [-0.15, -0.1) is 0 Å². The van der Waals surface area contributed by atoms with Gasteiger partial charge < -0.3 is 10.2 Å². The first kappa shape index (κ1) is 17.3. The maximum absolute atomic E-state index is 13.3. The number of anilines is 1. The molecular formula is C19H26FN5O. The number of nitrogens with one attached hydrogen (secondary N) is 2. The highest BCUT2D eigenvalue weighted by atomic mass is 19.1. The van der Waals surface area contributed by atoms with Gasteiger partial charge in [0.25, 0.3) is 0 Å². The molecule has 1 aromatic heterocycles. The summed E-state index contributed by atoms with van der Waals surface area (Å²) in [6, 6.07) is 5.08. The predicted octanol–water partition coefficient (Wildman–Crippen LogP) is 2.27. The largest absolute Gasteiger partial charge is 0.352 e. The van der Waals surface area contributed by atoms with Crippen LogP contribution in [0.15, 0.2) is 18.2 Å². The van der Waals surface area contributed by atoms with Gasteiger partial charge in [-0.3, -0.25) is 14.8 Å². The average molecular weight is 359 g/mol. The summed E-state index contributed by atoms with van der Waals surface area (Å²) in [6.07, 6.45) is 5.98. The Labute approximate surface area is 152 Å². The third kappa shape index (κ3) is 3.82. The monoisotopic (exact) mass is 359 g/mol. The number of carbonyl (C=O) groups is 1. The van der Waals surface area contributed by atoms with Gasteiger partial charge in [-0.25, -0.2) is 4.39 Å². The van der Waals surface area contributed by atoms with E-state index in [1.54, 1.807) is 6.07 Å². The summed E-state index contributed by atoms with van der Waals surface area (Å²) in [5, 5.41) is 11.4. The van der Waals surface area contributed by atoms with Crippen molar-refractivity contribution in [3.63, 3.8) is 0 Å². The summed E-state index contributed by atoms with van der Waals surface area (Å²) in [5.41, 5.74) is 0.717. The van der Waals surface area contributed by atoms with Crippen LogP contribution < -0.4 is 10.2 Å². The summed E-state index contributed by atoms with van der Waals surface area (Å²) >= 11 is 0. The average Bonchev–Trinajstić information content (AvgIpc) is 3.06. The van der Waals surface area contributed by atoms with E-state index in [4.69, 9.17) is 0 Å². The van der Waals surface area contributed by atoms with Crippen LogP contribution >= 0.6 is 0 Å². The first-order chi connectivity index (χ1) is 12.7. The lowest BCUT2D eigenvalue weighted by atomic mass is 9.95.